The van der Waals surface area contributed by atoms with E-state index in [1.807, 2.05) is 0 Å². The van der Waals surface area contributed by atoms with Crippen LogP contribution < -0.4 is 0 Å². The van der Waals surface area contributed by atoms with Gasteiger partial charge in [0.15, 0.2) is 6.10 Å². The van der Waals surface area contributed by atoms with Gasteiger partial charge in [0.05, 0.1) is 7.11 Å². The zero-order valence-electron chi connectivity index (χ0n) is 7.99. The average Bonchev–Trinajstić information content (AvgIpc) is 2.26. The van der Waals surface area contributed by atoms with E-state index < -0.39 is 18.2 Å². The van der Waals surface area contributed by atoms with E-state index in [9.17, 15) is 20.1 Å². The summed E-state index contributed by atoms with van der Waals surface area (Å²) in [6.07, 6.45) is -2.06. The van der Waals surface area contributed by atoms with E-state index in [1.54, 1.807) is 0 Å². The quantitative estimate of drug-likeness (QED) is 0.577. The third-order valence-corrected chi connectivity index (χ3v) is 1.84. The first-order valence-corrected chi connectivity index (χ1v) is 4.15. The van der Waals surface area contributed by atoms with Gasteiger partial charge in [-0.1, -0.05) is 0 Å². The highest BCUT2D eigenvalue weighted by molar-refractivity contribution is 5.75. The summed E-state index contributed by atoms with van der Waals surface area (Å²) in [7, 11) is 1.08. The normalized spacial score (nSPS) is 14.3. The number of aliphatic hydroxyl groups is 2. The smallest absolute Gasteiger partial charge is 0.337 e. The zero-order valence-corrected chi connectivity index (χ0v) is 7.99. The molecule has 0 saturated heterocycles. The predicted molar refractivity (Wildman–Crippen MR) is 48.9 cm³/mol. The molecular formula is C9H11NO5. The molecule has 0 fully saturated rings. The second kappa shape index (κ2) is 4.72. The maximum atomic E-state index is 10.9. The fraction of sp³-hybridized carbons (Fsp3) is 0.333. The first kappa shape index (κ1) is 11.4. The Morgan fingerprint density at radius 2 is 2.20 bits per heavy atom. The summed E-state index contributed by atoms with van der Waals surface area (Å²) in [5.41, 5.74) is -0.171. The van der Waals surface area contributed by atoms with Gasteiger partial charge in [-0.15, -0.1) is 0 Å². The Bertz CT molecular complexity index is 354. The molecule has 6 heteroatoms. The van der Waals surface area contributed by atoms with E-state index in [-0.39, 0.29) is 11.4 Å². The highest BCUT2D eigenvalue weighted by Crippen LogP contribution is 2.23. The van der Waals surface area contributed by atoms with Crippen molar-refractivity contribution in [3.63, 3.8) is 0 Å². The summed E-state index contributed by atoms with van der Waals surface area (Å²) in [5.74, 6) is -1.29. The summed E-state index contributed by atoms with van der Waals surface area (Å²) in [4.78, 5) is 14.5. The van der Waals surface area contributed by atoms with Crippen molar-refractivity contribution in [1.82, 2.24) is 4.98 Å². The van der Waals surface area contributed by atoms with Gasteiger partial charge in [-0.3, -0.25) is 4.98 Å². The minimum Gasteiger partial charge on any atom is -0.506 e. The number of aliphatic hydroxyl groups excluding tert-OH is 2. The number of aromatic hydroxyl groups is 1. The van der Waals surface area contributed by atoms with Crippen molar-refractivity contribution in [2.24, 2.45) is 0 Å². The number of hydrogen-bond acceptors (Lipinski definition) is 6. The summed E-state index contributed by atoms with van der Waals surface area (Å²) in [5, 5.41) is 28.1. The van der Waals surface area contributed by atoms with Crippen molar-refractivity contribution in [2.75, 3.05) is 7.11 Å². The van der Waals surface area contributed by atoms with Crippen LogP contribution in [0.5, 0.6) is 5.75 Å². The van der Waals surface area contributed by atoms with Crippen LogP contribution in [0, 0.1) is 0 Å². The number of hydrogen-bond donors (Lipinski definition) is 3. The number of aromatic nitrogens is 1. The number of carbonyl (C=O) groups is 1. The Kier molecular flexibility index (Phi) is 3.59. The monoisotopic (exact) mass is 213 g/mol. The van der Waals surface area contributed by atoms with E-state index in [2.05, 4.69) is 9.72 Å². The fourth-order valence-corrected chi connectivity index (χ4v) is 1.04. The van der Waals surface area contributed by atoms with Crippen molar-refractivity contribution in [3.8, 4) is 5.75 Å². The molecule has 2 unspecified atom stereocenters. The molecule has 0 aromatic carbocycles. The first-order chi connectivity index (χ1) is 7.07. The molecule has 1 aromatic heterocycles. The van der Waals surface area contributed by atoms with Gasteiger partial charge in [0, 0.05) is 6.20 Å². The summed E-state index contributed by atoms with van der Waals surface area (Å²) in [6, 6.07) is 2.74. The highest BCUT2D eigenvalue weighted by Gasteiger charge is 2.29. The maximum Gasteiger partial charge on any atom is 0.337 e. The molecule has 82 valence electrons. The van der Waals surface area contributed by atoms with Crippen LogP contribution >= 0.6 is 0 Å². The van der Waals surface area contributed by atoms with Gasteiger partial charge in [-0.2, -0.15) is 0 Å². The van der Waals surface area contributed by atoms with Crippen LogP contribution in [0.3, 0.4) is 0 Å². The molecule has 6 nitrogen and oxygen atoms in total. The van der Waals surface area contributed by atoms with Crippen LogP contribution in [-0.2, 0) is 9.53 Å². The number of methoxy groups -OCH3 is 1. The molecule has 1 aromatic rings. The Morgan fingerprint density at radius 3 is 2.73 bits per heavy atom. The van der Waals surface area contributed by atoms with Gasteiger partial charge >= 0.3 is 5.97 Å². The highest BCUT2D eigenvalue weighted by atomic mass is 16.5. The van der Waals surface area contributed by atoms with E-state index in [0.29, 0.717) is 0 Å². The van der Waals surface area contributed by atoms with Crippen molar-refractivity contribution < 1.29 is 24.9 Å². The van der Waals surface area contributed by atoms with Crippen molar-refractivity contribution in [2.45, 2.75) is 12.2 Å². The predicted octanol–water partition coefficient (Wildman–Crippen LogP) is -0.646. The van der Waals surface area contributed by atoms with Crippen LogP contribution in [0.25, 0.3) is 0 Å². The molecule has 1 heterocycles. The third-order valence-electron chi connectivity index (χ3n) is 1.84. The lowest BCUT2D eigenvalue weighted by Crippen LogP contribution is -2.29. The molecule has 1 rings (SSSR count). The van der Waals surface area contributed by atoms with Gasteiger partial charge < -0.3 is 20.1 Å². The first-order valence-electron chi connectivity index (χ1n) is 4.15. The van der Waals surface area contributed by atoms with Crippen molar-refractivity contribution in [3.05, 3.63) is 24.0 Å². The molecule has 0 bridgehead atoms. The summed E-state index contributed by atoms with van der Waals surface area (Å²) < 4.78 is 4.24. The molecular weight excluding hydrogens is 202 g/mol. The summed E-state index contributed by atoms with van der Waals surface area (Å²) >= 11 is 0. The third kappa shape index (κ3) is 2.42. The molecule has 15 heavy (non-hydrogen) atoms. The van der Waals surface area contributed by atoms with Gasteiger partial charge in [0.25, 0.3) is 0 Å². The van der Waals surface area contributed by atoms with E-state index in [0.717, 1.165) is 7.11 Å². The molecule has 0 saturated carbocycles. The summed E-state index contributed by atoms with van der Waals surface area (Å²) in [6.45, 7) is 0. The van der Waals surface area contributed by atoms with Crippen molar-refractivity contribution >= 4 is 5.97 Å². The lowest BCUT2D eigenvalue weighted by atomic mass is 10.1. The molecule has 0 aliphatic rings. The topological polar surface area (TPSA) is 99.9 Å². The Morgan fingerprint density at radius 1 is 1.53 bits per heavy atom. The van der Waals surface area contributed by atoms with Crippen LogP contribution in [0.15, 0.2) is 18.3 Å². The zero-order chi connectivity index (χ0) is 11.4. The van der Waals surface area contributed by atoms with Crippen molar-refractivity contribution in [1.29, 1.82) is 0 Å². The SMILES string of the molecule is COC(=O)C(O)C(O)c1ncccc1O. The molecule has 0 amide bonds. The van der Waals surface area contributed by atoms with Crippen LogP contribution in [-0.4, -0.2) is 39.5 Å². The molecule has 0 radical (unpaired) electrons. The van der Waals surface area contributed by atoms with Gasteiger partial charge in [0.1, 0.15) is 17.5 Å². The van der Waals surface area contributed by atoms with Crippen LogP contribution in [0.4, 0.5) is 0 Å². The van der Waals surface area contributed by atoms with E-state index in [4.69, 9.17) is 0 Å². The standard InChI is InChI=1S/C9H11NO5/c1-15-9(14)8(13)7(12)6-5(11)3-2-4-10-6/h2-4,7-8,11-13H,1H3. The van der Waals surface area contributed by atoms with E-state index in [1.165, 1.54) is 18.3 Å². The number of carbonyl (C=O) groups excluding carboxylic acids is 1. The lowest BCUT2D eigenvalue weighted by Gasteiger charge is -2.15. The Hall–Kier alpha value is -1.66. The average molecular weight is 213 g/mol. The second-order valence-electron chi connectivity index (χ2n) is 2.82. The lowest BCUT2D eigenvalue weighted by molar-refractivity contribution is -0.157. The largest absolute Gasteiger partial charge is 0.506 e. The van der Waals surface area contributed by atoms with Crippen LogP contribution in [0.1, 0.15) is 11.8 Å². The number of pyridine rings is 1. The molecule has 3 N–H and O–H groups in total. The molecule has 0 spiro atoms. The van der Waals surface area contributed by atoms with Gasteiger partial charge in [0.2, 0.25) is 0 Å². The number of ether oxygens (including phenoxy) is 1. The number of esters is 1. The Balaban J connectivity index is 2.89. The minimum atomic E-state index is -1.77. The fourth-order valence-electron chi connectivity index (χ4n) is 1.04. The number of rotatable bonds is 3. The van der Waals surface area contributed by atoms with Crippen LogP contribution in [0.2, 0.25) is 0 Å². The molecule has 0 aliphatic heterocycles. The van der Waals surface area contributed by atoms with Gasteiger partial charge in [-0.25, -0.2) is 4.79 Å². The number of nitrogens with zero attached hydrogens (tertiary/aromatic N) is 1. The molecule has 2 atom stereocenters. The maximum absolute atomic E-state index is 10.9. The second-order valence-corrected chi connectivity index (χ2v) is 2.82. The van der Waals surface area contributed by atoms with E-state index >= 15 is 0 Å². The van der Waals surface area contributed by atoms with Gasteiger partial charge in [-0.05, 0) is 12.1 Å². The Labute approximate surface area is 85.8 Å². The molecule has 0 aliphatic carbocycles. The minimum absolute atomic E-state index is 0.171.